The second-order valence-corrected chi connectivity index (χ2v) is 15.6. The lowest BCUT2D eigenvalue weighted by molar-refractivity contribution is -0.00834. The van der Waals surface area contributed by atoms with Gasteiger partial charge in [-0.2, -0.15) is 4.31 Å². The third-order valence-corrected chi connectivity index (χ3v) is 11.4. The first-order chi connectivity index (χ1) is 25.4. The number of nitrogens with one attached hydrogen (secondary N) is 2. The lowest BCUT2D eigenvalue weighted by Gasteiger charge is -2.35. The van der Waals surface area contributed by atoms with E-state index in [0.717, 1.165) is 23.6 Å². The molecular weight excluding hydrogens is 697 g/mol. The average molecular weight is 747 g/mol. The number of anilines is 2. The van der Waals surface area contributed by atoms with Crippen LogP contribution in [0.2, 0.25) is 0 Å². The van der Waals surface area contributed by atoms with E-state index in [0.29, 0.717) is 35.9 Å². The molecule has 1 aliphatic rings. The number of urea groups is 1. The summed E-state index contributed by atoms with van der Waals surface area (Å²) >= 11 is 0. The van der Waals surface area contributed by atoms with Crippen LogP contribution in [0.4, 0.5) is 16.2 Å². The number of carbonyl (C=O) groups excluding carboxylic acids is 2. The standard InChI is InChI=1S/C40H50N4O8S/c1-27-24-44(28(2)26-45)39(46)35-23-31(41-40(47)42-36-15-10-13-30-12-6-7-14-34(30)36)16-21-37(35)52-29(3)11-8-9-22-51-38(27)25-43(4)53(48,49)33-19-17-32(50-5)18-20-33/h6-7,10,12-21,23,27-29,38,45H,8-9,11,22,24-26H2,1-5H3,(H2,41,42,47)/t27-,28+,29-,38+/m1/s1. The molecule has 0 radical (unpaired) electrons. The van der Waals surface area contributed by atoms with E-state index in [1.807, 2.05) is 56.3 Å². The lowest BCUT2D eigenvalue weighted by atomic mass is 10.0. The number of aliphatic hydroxyl groups is 1. The number of nitrogens with zero attached hydrogens (tertiary/aromatic N) is 2. The summed E-state index contributed by atoms with van der Waals surface area (Å²) in [6.07, 6.45) is 1.39. The number of likely N-dealkylation sites (N-methyl/N-ethyl adjacent to an activating group) is 1. The number of methoxy groups -OCH3 is 1. The first-order valence-electron chi connectivity index (χ1n) is 17.9. The van der Waals surface area contributed by atoms with Crippen LogP contribution >= 0.6 is 0 Å². The molecule has 0 unspecified atom stereocenters. The minimum absolute atomic E-state index is 0.0427. The largest absolute Gasteiger partial charge is 0.497 e. The van der Waals surface area contributed by atoms with Crippen molar-refractivity contribution in [3.05, 3.63) is 90.5 Å². The molecule has 0 spiro atoms. The van der Waals surface area contributed by atoms with Crippen molar-refractivity contribution >= 4 is 44.1 Å². The molecule has 0 aliphatic carbocycles. The van der Waals surface area contributed by atoms with Gasteiger partial charge in [-0.25, -0.2) is 13.2 Å². The van der Waals surface area contributed by atoms with E-state index in [2.05, 4.69) is 10.6 Å². The van der Waals surface area contributed by atoms with E-state index >= 15 is 0 Å². The Labute approximate surface area is 312 Å². The van der Waals surface area contributed by atoms with Crippen molar-refractivity contribution in [3.63, 3.8) is 0 Å². The Morgan fingerprint density at radius 3 is 2.49 bits per heavy atom. The number of fused-ring (bicyclic) bond motifs is 2. The fraction of sp³-hybridized carbons (Fsp3) is 0.400. The number of hydrogen-bond donors (Lipinski definition) is 3. The van der Waals surface area contributed by atoms with Crippen LogP contribution in [0.25, 0.3) is 10.8 Å². The van der Waals surface area contributed by atoms with Crippen LogP contribution in [-0.4, -0.2) is 93.4 Å². The summed E-state index contributed by atoms with van der Waals surface area (Å²) in [6, 6.07) is 23.5. The Morgan fingerprint density at radius 1 is 1.02 bits per heavy atom. The maximum Gasteiger partial charge on any atom is 0.323 e. The summed E-state index contributed by atoms with van der Waals surface area (Å²) in [5, 5.41) is 17.9. The Morgan fingerprint density at radius 2 is 1.75 bits per heavy atom. The third kappa shape index (κ3) is 9.85. The number of hydrogen-bond acceptors (Lipinski definition) is 8. The lowest BCUT2D eigenvalue weighted by Crippen LogP contribution is -2.48. The number of carbonyl (C=O) groups is 2. The van der Waals surface area contributed by atoms with Gasteiger partial charge in [0, 0.05) is 43.7 Å². The molecule has 3 amide bonds. The van der Waals surface area contributed by atoms with Gasteiger partial charge in [-0.1, -0.05) is 43.3 Å². The molecule has 1 heterocycles. The number of aliphatic hydroxyl groups excluding tert-OH is 1. The molecule has 0 fully saturated rings. The van der Waals surface area contributed by atoms with Crippen LogP contribution in [-0.2, 0) is 14.8 Å². The van der Waals surface area contributed by atoms with Gasteiger partial charge >= 0.3 is 6.03 Å². The van der Waals surface area contributed by atoms with E-state index in [1.165, 1.54) is 30.6 Å². The number of rotatable bonds is 9. The molecule has 4 aromatic carbocycles. The van der Waals surface area contributed by atoms with Crippen molar-refractivity contribution in [3.8, 4) is 11.5 Å². The fourth-order valence-electron chi connectivity index (χ4n) is 6.36. The molecule has 0 aromatic heterocycles. The van der Waals surface area contributed by atoms with Crippen molar-refractivity contribution in [2.45, 2.75) is 63.2 Å². The van der Waals surface area contributed by atoms with E-state index in [4.69, 9.17) is 14.2 Å². The Bertz CT molecular complexity index is 1970. The van der Waals surface area contributed by atoms with Gasteiger partial charge in [0.05, 0.1) is 48.1 Å². The third-order valence-electron chi connectivity index (χ3n) is 9.55. The van der Waals surface area contributed by atoms with Gasteiger partial charge in [0.2, 0.25) is 10.0 Å². The zero-order valence-corrected chi connectivity index (χ0v) is 31.8. The molecule has 53 heavy (non-hydrogen) atoms. The number of sulfonamides is 1. The van der Waals surface area contributed by atoms with Crippen LogP contribution in [0.1, 0.15) is 50.4 Å². The van der Waals surface area contributed by atoms with E-state index in [1.54, 1.807) is 42.2 Å². The molecule has 1 aliphatic heterocycles. The minimum atomic E-state index is -3.87. The topological polar surface area (TPSA) is 147 Å². The second-order valence-electron chi connectivity index (χ2n) is 13.6. The summed E-state index contributed by atoms with van der Waals surface area (Å²) < 4.78 is 46.3. The molecule has 0 saturated carbocycles. The van der Waals surface area contributed by atoms with E-state index in [9.17, 15) is 23.1 Å². The van der Waals surface area contributed by atoms with E-state index in [-0.39, 0.29) is 42.2 Å². The SMILES string of the molecule is COc1ccc(S(=O)(=O)N(C)C[C@@H]2OCCCC[C@@H](C)Oc3ccc(NC(=O)Nc4cccc5ccccc45)cc3C(=O)N([C@@H](C)CO)C[C@H]2C)cc1. The summed E-state index contributed by atoms with van der Waals surface area (Å²) in [4.78, 5) is 29.4. The van der Waals surface area contributed by atoms with Crippen LogP contribution in [0.15, 0.2) is 89.8 Å². The molecule has 3 N–H and O–H groups in total. The first kappa shape index (κ1) is 39.5. The van der Waals surface area contributed by atoms with Crippen molar-refractivity contribution in [1.29, 1.82) is 0 Å². The van der Waals surface area contributed by atoms with Crippen LogP contribution in [0, 0.1) is 5.92 Å². The molecule has 0 saturated heterocycles. The van der Waals surface area contributed by atoms with Crippen molar-refractivity contribution in [1.82, 2.24) is 9.21 Å². The quantitative estimate of drug-likeness (QED) is 0.174. The highest BCUT2D eigenvalue weighted by Crippen LogP contribution is 2.30. The van der Waals surface area contributed by atoms with Gasteiger partial charge in [-0.05, 0) is 87.0 Å². The van der Waals surface area contributed by atoms with Crippen molar-refractivity contribution in [2.75, 3.05) is 51.1 Å². The molecule has 13 heteroatoms. The molecule has 284 valence electrons. The number of benzene rings is 4. The smallest absolute Gasteiger partial charge is 0.323 e. The molecule has 4 atom stereocenters. The van der Waals surface area contributed by atoms with E-state index < -0.39 is 34.1 Å². The predicted octanol–water partition coefficient (Wildman–Crippen LogP) is 6.61. The van der Waals surface area contributed by atoms with Crippen LogP contribution < -0.4 is 20.1 Å². The van der Waals surface area contributed by atoms with Gasteiger partial charge in [-0.3, -0.25) is 4.79 Å². The fourth-order valence-corrected chi connectivity index (χ4v) is 7.54. The summed E-state index contributed by atoms with van der Waals surface area (Å²) in [5.41, 5.74) is 1.24. The molecule has 4 aromatic rings. The van der Waals surface area contributed by atoms with Gasteiger partial charge < -0.3 is 34.9 Å². The van der Waals surface area contributed by atoms with Crippen LogP contribution in [0.5, 0.6) is 11.5 Å². The summed E-state index contributed by atoms with van der Waals surface area (Å²) in [5.74, 6) is 0.153. The molecular formula is C40H50N4O8S. The zero-order valence-electron chi connectivity index (χ0n) is 30.9. The minimum Gasteiger partial charge on any atom is -0.497 e. The maximum absolute atomic E-state index is 14.5. The zero-order chi connectivity index (χ0) is 38.1. The Kier molecular flexibility index (Phi) is 13.3. The highest BCUT2D eigenvalue weighted by Gasteiger charge is 2.32. The molecule has 12 nitrogen and oxygen atoms in total. The number of ether oxygens (including phenoxy) is 3. The maximum atomic E-state index is 14.5. The van der Waals surface area contributed by atoms with Crippen molar-refractivity contribution < 1.29 is 37.3 Å². The highest BCUT2D eigenvalue weighted by molar-refractivity contribution is 7.89. The summed E-state index contributed by atoms with van der Waals surface area (Å²) in [6.45, 7) is 5.86. The number of amides is 3. The first-order valence-corrected chi connectivity index (χ1v) is 19.4. The monoisotopic (exact) mass is 746 g/mol. The van der Waals surface area contributed by atoms with Crippen molar-refractivity contribution in [2.24, 2.45) is 5.92 Å². The predicted molar refractivity (Wildman–Crippen MR) is 206 cm³/mol. The van der Waals surface area contributed by atoms with Gasteiger partial charge in [0.1, 0.15) is 11.5 Å². The highest BCUT2D eigenvalue weighted by atomic mass is 32.2. The average Bonchev–Trinajstić information content (AvgIpc) is 3.16. The molecule has 5 rings (SSSR count). The summed E-state index contributed by atoms with van der Waals surface area (Å²) in [7, 11) is -0.834. The van der Waals surface area contributed by atoms with Gasteiger partial charge in [0.15, 0.2) is 0 Å². The normalized spacial score (nSPS) is 19.5. The second kappa shape index (κ2) is 17.9. The Balaban J connectivity index is 1.41. The Hall–Kier alpha value is -4.69. The van der Waals surface area contributed by atoms with Gasteiger partial charge in [-0.15, -0.1) is 0 Å². The molecule has 0 bridgehead atoms. The van der Waals surface area contributed by atoms with Crippen LogP contribution in [0.3, 0.4) is 0 Å². The van der Waals surface area contributed by atoms with Gasteiger partial charge in [0.25, 0.3) is 5.91 Å².